The molecule has 1 radical (unpaired) electrons. The average Bonchev–Trinajstić information content (AvgIpc) is 2.44. The molecule has 0 unspecified atom stereocenters. The number of hydrogen-bond donors (Lipinski definition) is 1. The van der Waals surface area contributed by atoms with Gasteiger partial charge in [-0.2, -0.15) is 0 Å². The minimum absolute atomic E-state index is 0.331. The van der Waals surface area contributed by atoms with Crippen LogP contribution in [0.5, 0.6) is 5.75 Å². The molecule has 0 aliphatic rings. The second kappa shape index (κ2) is 8.01. The third-order valence-corrected chi connectivity index (χ3v) is 2.24. The van der Waals surface area contributed by atoms with Gasteiger partial charge in [-0.15, -0.1) is 0 Å². The minimum atomic E-state index is -0.679. The normalized spacial score (nSPS) is 10.2. The van der Waals surface area contributed by atoms with Gasteiger partial charge in [-0.05, 0) is 24.6 Å². The van der Waals surface area contributed by atoms with E-state index in [1.165, 1.54) is 21.8 Å². The highest BCUT2D eigenvalue weighted by Gasteiger charge is 2.08. The highest BCUT2D eigenvalue weighted by Crippen LogP contribution is 2.25. The Hall–Kier alpha value is -2.28. The van der Waals surface area contributed by atoms with Crippen LogP contribution in [0.3, 0.4) is 0 Å². The molecule has 0 aromatic heterocycles. The van der Waals surface area contributed by atoms with Gasteiger partial charge in [0, 0.05) is 19.3 Å². The standard InChI is InChI=1S/C13H15BNO5/c1-9-4-5-10(15-14-19-3)11(8-9)20-13(17)7-6-12(16)18-2/h4-8,15H,1-3H3/b7-6+. The maximum absolute atomic E-state index is 11.6. The smallest absolute Gasteiger partial charge is 0.436 e. The summed E-state index contributed by atoms with van der Waals surface area (Å²) in [6.45, 7) is 1.87. The maximum Gasteiger partial charge on any atom is 0.436 e. The van der Waals surface area contributed by atoms with E-state index >= 15 is 0 Å². The van der Waals surface area contributed by atoms with Gasteiger partial charge < -0.3 is 19.4 Å². The molecule has 1 aromatic rings. The maximum atomic E-state index is 11.6. The Bertz CT molecular complexity index is 515. The second-order valence-corrected chi connectivity index (χ2v) is 3.78. The molecule has 0 saturated heterocycles. The van der Waals surface area contributed by atoms with Gasteiger partial charge in [-0.1, -0.05) is 6.07 Å². The Morgan fingerprint density at radius 3 is 2.55 bits per heavy atom. The van der Waals surface area contributed by atoms with Crippen molar-refractivity contribution < 1.29 is 23.7 Å². The average molecular weight is 276 g/mol. The summed E-state index contributed by atoms with van der Waals surface area (Å²) in [5, 5.41) is 2.83. The zero-order chi connectivity index (χ0) is 15.0. The lowest BCUT2D eigenvalue weighted by Gasteiger charge is -2.10. The number of nitrogens with one attached hydrogen (secondary N) is 1. The number of anilines is 1. The molecule has 0 aliphatic carbocycles. The number of ether oxygens (including phenoxy) is 2. The molecular formula is C13H15BNO5. The van der Waals surface area contributed by atoms with Gasteiger partial charge in [0.1, 0.15) is 0 Å². The van der Waals surface area contributed by atoms with Crippen molar-refractivity contribution in [3.05, 3.63) is 35.9 Å². The lowest BCUT2D eigenvalue weighted by Crippen LogP contribution is -2.12. The fraction of sp³-hybridized carbons (Fsp3) is 0.231. The fourth-order valence-corrected chi connectivity index (χ4v) is 1.30. The van der Waals surface area contributed by atoms with Crippen molar-refractivity contribution in [1.29, 1.82) is 0 Å². The van der Waals surface area contributed by atoms with E-state index in [1.54, 1.807) is 12.1 Å². The number of carbonyl (C=O) groups is 2. The van der Waals surface area contributed by atoms with Gasteiger partial charge in [0.2, 0.25) is 0 Å². The summed E-state index contributed by atoms with van der Waals surface area (Å²) in [6, 6.07) is 5.29. The summed E-state index contributed by atoms with van der Waals surface area (Å²) in [4.78, 5) is 22.5. The third kappa shape index (κ3) is 5.15. The summed E-state index contributed by atoms with van der Waals surface area (Å²) in [5.74, 6) is -0.975. The largest absolute Gasteiger partial charge is 0.466 e. The van der Waals surface area contributed by atoms with E-state index in [0.29, 0.717) is 11.4 Å². The number of esters is 2. The van der Waals surface area contributed by atoms with Crippen LogP contribution in [0.1, 0.15) is 5.56 Å². The summed E-state index contributed by atoms with van der Waals surface area (Å²) in [5.41, 5.74) is 1.49. The molecule has 1 aromatic carbocycles. The van der Waals surface area contributed by atoms with Crippen molar-refractivity contribution in [2.24, 2.45) is 0 Å². The Kier molecular flexibility index (Phi) is 6.32. The number of methoxy groups -OCH3 is 1. The molecule has 6 nitrogen and oxygen atoms in total. The molecule has 0 amide bonds. The molecule has 1 rings (SSSR count). The van der Waals surface area contributed by atoms with Crippen molar-refractivity contribution >= 4 is 25.2 Å². The molecule has 1 N–H and O–H groups in total. The van der Waals surface area contributed by atoms with Gasteiger partial charge in [0.05, 0.1) is 12.8 Å². The van der Waals surface area contributed by atoms with E-state index in [-0.39, 0.29) is 0 Å². The third-order valence-electron chi connectivity index (χ3n) is 2.24. The van der Waals surface area contributed by atoms with Gasteiger partial charge in [0.25, 0.3) is 0 Å². The zero-order valence-corrected chi connectivity index (χ0v) is 11.5. The number of carbonyl (C=O) groups excluding carboxylic acids is 2. The van der Waals surface area contributed by atoms with Crippen molar-refractivity contribution in [2.75, 3.05) is 19.4 Å². The first-order chi connectivity index (χ1) is 9.56. The first-order valence-electron chi connectivity index (χ1n) is 5.76. The number of hydrogen-bond acceptors (Lipinski definition) is 6. The Morgan fingerprint density at radius 1 is 1.20 bits per heavy atom. The van der Waals surface area contributed by atoms with Crippen molar-refractivity contribution in [3.63, 3.8) is 0 Å². The molecule has 7 heteroatoms. The van der Waals surface area contributed by atoms with Crippen LogP contribution in [0.15, 0.2) is 30.4 Å². The Labute approximate surface area is 118 Å². The molecule has 20 heavy (non-hydrogen) atoms. The molecule has 0 atom stereocenters. The van der Waals surface area contributed by atoms with Crippen molar-refractivity contribution in [1.82, 2.24) is 0 Å². The number of aryl methyl sites for hydroxylation is 1. The number of rotatable bonds is 6. The van der Waals surface area contributed by atoms with Crippen LogP contribution in [0.2, 0.25) is 0 Å². The Morgan fingerprint density at radius 2 is 1.90 bits per heavy atom. The van der Waals surface area contributed by atoms with Crippen LogP contribution in [-0.4, -0.2) is 33.8 Å². The summed E-state index contributed by atoms with van der Waals surface area (Å²) in [6.07, 6.45) is 1.99. The van der Waals surface area contributed by atoms with E-state index in [9.17, 15) is 9.59 Å². The summed E-state index contributed by atoms with van der Waals surface area (Å²) < 4.78 is 14.3. The predicted molar refractivity (Wildman–Crippen MR) is 74.4 cm³/mol. The lowest BCUT2D eigenvalue weighted by atomic mass is 10.1. The molecule has 0 saturated carbocycles. The van der Waals surface area contributed by atoms with Gasteiger partial charge in [0.15, 0.2) is 5.75 Å². The fourth-order valence-electron chi connectivity index (χ4n) is 1.30. The first-order valence-corrected chi connectivity index (χ1v) is 5.76. The molecule has 105 valence electrons. The predicted octanol–water partition coefficient (Wildman–Crippen LogP) is 1.22. The van der Waals surface area contributed by atoms with Crippen LogP contribution in [0.4, 0.5) is 5.69 Å². The van der Waals surface area contributed by atoms with Crippen LogP contribution in [-0.2, 0) is 19.0 Å². The van der Waals surface area contributed by atoms with E-state index < -0.39 is 11.9 Å². The Balaban J connectivity index is 2.79. The van der Waals surface area contributed by atoms with Crippen LogP contribution in [0.25, 0.3) is 0 Å². The molecule has 0 aliphatic heterocycles. The zero-order valence-electron chi connectivity index (χ0n) is 11.5. The van der Waals surface area contributed by atoms with Crippen LogP contribution < -0.4 is 9.96 Å². The van der Waals surface area contributed by atoms with E-state index in [0.717, 1.165) is 17.7 Å². The first kappa shape index (κ1) is 15.8. The van der Waals surface area contributed by atoms with E-state index in [2.05, 4.69) is 9.96 Å². The molecule has 0 heterocycles. The second-order valence-electron chi connectivity index (χ2n) is 3.78. The van der Waals surface area contributed by atoms with Gasteiger partial charge >= 0.3 is 19.6 Å². The number of benzene rings is 1. The molecule has 0 bridgehead atoms. The van der Waals surface area contributed by atoms with Crippen LogP contribution >= 0.6 is 0 Å². The van der Waals surface area contributed by atoms with Crippen LogP contribution in [0, 0.1) is 6.92 Å². The minimum Gasteiger partial charge on any atom is -0.466 e. The molecular weight excluding hydrogens is 261 g/mol. The quantitative estimate of drug-likeness (QED) is 0.364. The topological polar surface area (TPSA) is 73.9 Å². The van der Waals surface area contributed by atoms with Gasteiger partial charge in [-0.25, -0.2) is 9.59 Å². The summed E-state index contributed by atoms with van der Waals surface area (Å²) in [7, 11) is 4.07. The van der Waals surface area contributed by atoms with Gasteiger partial charge in [-0.3, -0.25) is 0 Å². The SMILES string of the molecule is CO[B]Nc1ccc(C)cc1OC(=O)/C=C/C(=O)OC. The molecule has 0 fully saturated rings. The highest BCUT2D eigenvalue weighted by molar-refractivity contribution is 6.32. The van der Waals surface area contributed by atoms with E-state index in [1.807, 2.05) is 13.0 Å². The monoisotopic (exact) mass is 276 g/mol. The van der Waals surface area contributed by atoms with E-state index in [4.69, 9.17) is 9.39 Å². The van der Waals surface area contributed by atoms with Crippen molar-refractivity contribution in [2.45, 2.75) is 6.92 Å². The highest BCUT2D eigenvalue weighted by atomic mass is 16.5. The van der Waals surface area contributed by atoms with Crippen molar-refractivity contribution in [3.8, 4) is 5.75 Å². The summed E-state index contributed by atoms with van der Waals surface area (Å²) >= 11 is 0. The molecule has 0 spiro atoms. The lowest BCUT2D eigenvalue weighted by molar-refractivity contribution is -0.135.